The standard InChI is InChI=1S/C9H19N/c1-7(2)9-5-4-8(3)6-10-9/h7-10H,4-6H2,1-3H3. The molecule has 0 aromatic carbocycles. The predicted octanol–water partition coefficient (Wildman–Crippen LogP) is 2.03. The van der Waals surface area contributed by atoms with Gasteiger partial charge in [-0.2, -0.15) is 0 Å². The highest BCUT2D eigenvalue weighted by atomic mass is 14.9. The van der Waals surface area contributed by atoms with Crippen LogP contribution in [0.3, 0.4) is 0 Å². The lowest BCUT2D eigenvalue weighted by Gasteiger charge is -2.30. The predicted molar refractivity (Wildman–Crippen MR) is 45.0 cm³/mol. The van der Waals surface area contributed by atoms with Gasteiger partial charge in [-0.15, -0.1) is 0 Å². The Morgan fingerprint density at radius 1 is 1.30 bits per heavy atom. The van der Waals surface area contributed by atoms with E-state index in [0.29, 0.717) is 0 Å². The molecule has 0 bridgehead atoms. The van der Waals surface area contributed by atoms with Crippen LogP contribution in [-0.4, -0.2) is 12.6 Å². The summed E-state index contributed by atoms with van der Waals surface area (Å²) in [6.45, 7) is 8.15. The first kappa shape index (κ1) is 8.06. The second-order valence-corrected chi connectivity index (χ2v) is 3.94. The number of nitrogens with one attached hydrogen (secondary N) is 1. The molecule has 0 radical (unpaired) electrons. The van der Waals surface area contributed by atoms with Gasteiger partial charge in [-0.25, -0.2) is 0 Å². The van der Waals surface area contributed by atoms with Crippen LogP contribution in [0.25, 0.3) is 0 Å². The molecule has 0 aromatic heterocycles. The van der Waals surface area contributed by atoms with Gasteiger partial charge in [0.05, 0.1) is 0 Å². The molecule has 60 valence electrons. The van der Waals surface area contributed by atoms with Crippen molar-refractivity contribution in [3.63, 3.8) is 0 Å². The molecular weight excluding hydrogens is 122 g/mol. The second-order valence-electron chi connectivity index (χ2n) is 3.94. The third-order valence-electron chi connectivity index (χ3n) is 2.50. The van der Waals surface area contributed by atoms with Crippen molar-refractivity contribution in [3.05, 3.63) is 0 Å². The zero-order chi connectivity index (χ0) is 7.56. The number of hydrogen-bond donors (Lipinski definition) is 1. The molecule has 0 aromatic rings. The van der Waals surface area contributed by atoms with Crippen molar-refractivity contribution < 1.29 is 0 Å². The minimum Gasteiger partial charge on any atom is -0.313 e. The van der Waals surface area contributed by atoms with Gasteiger partial charge < -0.3 is 5.32 Å². The van der Waals surface area contributed by atoms with Gasteiger partial charge >= 0.3 is 0 Å². The molecule has 2 atom stereocenters. The Kier molecular flexibility index (Phi) is 2.72. The largest absolute Gasteiger partial charge is 0.313 e. The summed E-state index contributed by atoms with van der Waals surface area (Å²) in [5.74, 6) is 1.71. The van der Waals surface area contributed by atoms with Crippen molar-refractivity contribution in [3.8, 4) is 0 Å². The van der Waals surface area contributed by atoms with Crippen LogP contribution in [-0.2, 0) is 0 Å². The van der Waals surface area contributed by atoms with Gasteiger partial charge in [0.15, 0.2) is 0 Å². The van der Waals surface area contributed by atoms with Crippen molar-refractivity contribution >= 4 is 0 Å². The highest BCUT2D eigenvalue weighted by Crippen LogP contribution is 2.17. The second kappa shape index (κ2) is 3.38. The van der Waals surface area contributed by atoms with Crippen molar-refractivity contribution in [2.75, 3.05) is 6.54 Å². The minimum absolute atomic E-state index is 0.788. The van der Waals surface area contributed by atoms with Crippen molar-refractivity contribution in [1.82, 2.24) is 5.32 Å². The molecule has 1 rings (SSSR count). The molecule has 0 spiro atoms. The van der Waals surface area contributed by atoms with Crippen molar-refractivity contribution in [2.24, 2.45) is 11.8 Å². The molecule has 0 aliphatic carbocycles. The fourth-order valence-electron chi connectivity index (χ4n) is 1.59. The molecule has 2 unspecified atom stereocenters. The van der Waals surface area contributed by atoms with Crippen LogP contribution in [0.2, 0.25) is 0 Å². The minimum atomic E-state index is 0.788. The highest BCUT2D eigenvalue weighted by molar-refractivity contribution is 4.77. The summed E-state index contributed by atoms with van der Waals surface area (Å²) in [4.78, 5) is 0. The number of rotatable bonds is 1. The molecule has 1 nitrogen and oxygen atoms in total. The monoisotopic (exact) mass is 141 g/mol. The summed E-state index contributed by atoms with van der Waals surface area (Å²) < 4.78 is 0. The van der Waals surface area contributed by atoms with Gasteiger partial charge in [0.25, 0.3) is 0 Å². The fourth-order valence-corrected chi connectivity index (χ4v) is 1.59. The summed E-state index contributed by atoms with van der Waals surface area (Å²) >= 11 is 0. The van der Waals surface area contributed by atoms with Crippen molar-refractivity contribution in [1.29, 1.82) is 0 Å². The highest BCUT2D eigenvalue weighted by Gasteiger charge is 2.19. The Hall–Kier alpha value is -0.0400. The zero-order valence-corrected chi connectivity index (χ0v) is 7.35. The van der Waals surface area contributed by atoms with E-state index in [9.17, 15) is 0 Å². The van der Waals surface area contributed by atoms with Crippen LogP contribution in [0.5, 0.6) is 0 Å². The fraction of sp³-hybridized carbons (Fsp3) is 1.00. The third-order valence-corrected chi connectivity index (χ3v) is 2.50. The molecule has 0 saturated carbocycles. The van der Waals surface area contributed by atoms with Crippen LogP contribution in [0.15, 0.2) is 0 Å². The smallest absolute Gasteiger partial charge is 0.00902 e. The lowest BCUT2D eigenvalue weighted by Crippen LogP contribution is -2.41. The van der Waals surface area contributed by atoms with E-state index in [1.807, 2.05) is 0 Å². The average Bonchev–Trinajstić information content (AvgIpc) is 1.88. The third kappa shape index (κ3) is 1.98. The van der Waals surface area contributed by atoms with E-state index >= 15 is 0 Å². The van der Waals surface area contributed by atoms with Gasteiger partial charge in [0.2, 0.25) is 0 Å². The Morgan fingerprint density at radius 2 is 2.00 bits per heavy atom. The van der Waals surface area contributed by atoms with Gasteiger partial charge in [0, 0.05) is 6.04 Å². The first-order valence-electron chi connectivity index (χ1n) is 4.43. The van der Waals surface area contributed by atoms with E-state index in [4.69, 9.17) is 0 Å². The molecule has 1 heterocycles. The molecule has 1 N–H and O–H groups in total. The van der Waals surface area contributed by atoms with Crippen molar-refractivity contribution in [2.45, 2.75) is 39.7 Å². The van der Waals surface area contributed by atoms with E-state index in [1.165, 1.54) is 19.4 Å². The molecule has 1 aliphatic rings. The Balaban J connectivity index is 2.26. The molecule has 1 fully saturated rings. The summed E-state index contributed by atoms with van der Waals surface area (Å²) in [6, 6.07) is 0.788. The van der Waals surface area contributed by atoms with Gasteiger partial charge in [-0.3, -0.25) is 0 Å². The van der Waals surface area contributed by atoms with Crippen LogP contribution in [0.4, 0.5) is 0 Å². The Labute approximate surface area is 64.2 Å². The lowest BCUT2D eigenvalue weighted by molar-refractivity contribution is 0.277. The van der Waals surface area contributed by atoms with Crippen LogP contribution in [0.1, 0.15) is 33.6 Å². The first-order valence-corrected chi connectivity index (χ1v) is 4.43. The molecule has 1 aliphatic heterocycles. The van der Waals surface area contributed by atoms with Crippen LogP contribution in [0, 0.1) is 11.8 Å². The Morgan fingerprint density at radius 3 is 2.40 bits per heavy atom. The molecule has 10 heavy (non-hydrogen) atoms. The molecule has 1 heteroatoms. The zero-order valence-electron chi connectivity index (χ0n) is 7.35. The SMILES string of the molecule is CC1CCC(C(C)C)NC1. The van der Waals surface area contributed by atoms with Crippen LogP contribution >= 0.6 is 0 Å². The topological polar surface area (TPSA) is 12.0 Å². The lowest BCUT2D eigenvalue weighted by atomic mass is 9.90. The van der Waals surface area contributed by atoms with E-state index in [-0.39, 0.29) is 0 Å². The average molecular weight is 141 g/mol. The van der Waals surface area contributed by atoms with Gasteiger partial charge in [-0.05, 0) is 31.2 Å². The summed E-state index contributed by atoms with van der Waals surface area (Å²) in [6.07, 6.45) is 2.79. The maximum atomic E-state index is 3.57. The van der Waals surface area contributed by atoms with Crippen LogP contribution < -0.4 is 5.32 Å². The summed E-state index contributed by atoms with van der Waals surface area (Å²) in [5.41, 5.74) is 0. The van der Waals surface area contributed by atoms with E-state index in [0.717, 1.165) is 17.9 Å². The van der Waals surface area contributed by atoms with E-state index in [2.05, 4.69) is 26.1 Å². The molecule has 0 amide bonds. The van der Waals surface area contributed by atoms with Gasteiger partial charge in [-0.1, -0.05) is 20.8 Å². The molecule has 1 saturated heterocycles. The maximum Gasteiger partial charge on any atom is 0.00902 e. The maximum absolute atomic E-state index is 3.57. The number of piperidine rings is 1. The quantitative estimate of drug-likeness (QED) is 0.589. The van der Waals surface area contributed by atoms with E-state index < -0.39 is 0 Å². The molecular formula is C9H19N. The van der Waals surface area contributed by atoms with Gasteiger partial charge in [0.1, 0.15) is 0 Å². The normalized spacial score (nSPS) is 34.8. The first-order chi connectivity index (χ1) is 4.70. The summed E-state index contributed by atoms with van der Waals surface area (Å²) in [7, 11) is 0. The summed E-state index contributed by atoms with van der Waals surface area (Å²) in [5, 5.41) is 3.57. The number of hydrogen-bond acceptors (Lipinski definition) is 1. The van der Waals surface area contributed by atoms with E-state index in [1.54, 1.807) is 0 Å². The Bertz CT molecular complexity index is 90.9.